The molecule has 33 heavy (non-hydrogen) atoms. The number of rotatable bonds is 20. The first-order chi connectivity index (χ1) is 16.1. The summed E-state index contributed by atoms with van der Waals surface area (Å²) < 4.78 is 44.1. The van der Waals surface area contributed by atoms with Crippen molar-refractivity contribution >= 4 is 0 Å². The zero-order chi connectivity index (χ0) is 24.5. The molecule has 0 saturated carbocycles. The SMILES string of the molecule is C=C[C@@H](OCOC)[C@@H](C[C@@H](C[C@@H](OC)[C@H](CO)OCOC)OCc1ccc(OC)cc1)OC. The molecular formula is C24H40O9. The second-order valence-corrected chi connectivity index (χ2v) is 7.37. The minimum absolute atomic E-state index is 0.0482. The van der Waals surface area contributed by atoms with Gasteiger partial charge < -0.3 is 43.0 Å². The van der Waals surface area contributed by atoms with Gasteiger partial charge in [-0.05, 0) is 17.7 Å². The van der Waals surface area contributed by atoms with Crippen LogP contribution >= 0.6 is 0 Å². The Bertz CT molecular complexity index is 610. The van der Waals surface area contributed by atoms with Gasteiger partial charge >= 0.3 is 0 Å². The first-order valence-corrected chi connectivity index (χ1v) is 10.8. The molecule has 0 aliphatic carbocycles. The number of aliphatic hydroxyl groups excluding tert-OH is 1. The topological polar surface area (TPSA) is 94.1 Å². The Morgan fingerprint density at radius 1 is 0.818 bits per heavy atom. The second kappa shape index (κ2) is 17.9. The molecule has 9 heteroatoms. The molecule has 1 aromatic carbocycles. The highest BCUT2D eigenvalue weighted by Crippen LogP contribution is 2.22. The van der Waals surface area contributed by atoms with E-state index in [0.717, 1.165) is 11.3 Å². The third kappa shape index (κ3) is 10.9. The fourth-order valence-corrected chi connectivity index (χ4v) is 3.36. The molecule has 0 bridgehead atoms. The van der Waals surface area contributed by atoms with Crippen LogP contribution in [0.25, 0.3) is 0 Å². The summed E-state index contributed by atoms with van der Waals surface area (Å²) in [5.41, 5.74) is 0.994. The molecule has 0 aliphatic rings. The summed E-state index contributed by atoms with van der Waals surface area (Å²) in [6.07, 6.45) is 0.624. The van der Waals surface area contributed by atoms with Crippen molar-refractivity contribution in [3.8, 4) is 5.75 Å². The maximum atomic E-state index is 9.79. The summed E-state index contributed by atoms with van der Waals surface area (Å²) in [5.74, 6) is 0.777. The number of aliphatic hydroxyl groups is 1. The lowest BCUT2D eigenvalue weighted by Gasteiger charge is -2.31. The van der Waals surface area contributed by atoms with E-state index in [1.165, 1.54) is 7.11 Å². The van der Waals surface area contributed by atoms with Gasteiger partial charge in [0.2, 0.25) is 0 Å². The predicted molar refractivity (Wildman–Crippen MR) is 123 cm³/mol. The smallest absolute Gasteiger partial charge is 0.147 e. The zero-order valence-electron chi connectivity index (χ0n) is 20.4. The normalized spacial score (nSPS) is 16.1. The molecule has 0 unspecified atom stereocenters. The molecule has 190 valence electrons. The van der Waals surface area contributed by atoms with Crippen LogP contribution in [0.3, 0.4) is 0 Å². The van der Waals surface area contributed by atoms with Gasteiger partial charge in [-0.25, -0.2) is 0 Å². The van der Waals surface area contributed by atoms with Crippen molar-refractivity contribution in [2.45, 2.75) is 50.0 Å². The predicted octanol–water partition coefficient (Wildman–Crippen LogP) is 2.55. The highest BCUT2D eigenvalue weighted by atomic mass is 16.7. The van der Waals surface area contributed by atoms with Crippen LogP contribution in [0.4, 0.5) is 0 Å². The molecule has 1 N–H and O–H groups in total. The van der Waals surface area contributed by atoms with Crippen LogP contribution in [0, 0.1) is 0 Å². The van der Waals surface area contributed by atoms with E-state index in [-0.39, 0.29) is 38.5 Å². The van der Waals surface area contributed by atoms with E-state index in [0.29, 0.717) is 19.4 Å². The standard InChI is InChI=1S/C24H40O9/c1-7-21(32-16-26-2)22(29-5)12-20(13-23(30-6)24(14-25)33-17-27-3)31-15-18-8-10-19(28-4)11-9-18/h7-11,20-25H,1,12-17H2,2-6H3/t20-,21+,22+,23+,24-/m0/s1. The quantitative estimate of drug-likeness (QED) is 0.227. The van der Waals surface area contributed by atoms with Crippen molar-refractivity contribution in [1.29, 1.82) is 0 Å². The van der Waals surface area contributed by atoms with E-state index in [9.17, 15) is 5.11 Å². The van der Waals surface area contributed by atoms with E-state index in [1.807, 2.05) is 24.3 Å². The van der Waals surface area contributed by atoms with Gasteiger partial charge in [-0.1, -0.05) is 18.2 Å². The fourth-order valence-electron chi connectivity index (χ4n) is 3.36. The summed E-state index contributed by atoms with van der Waals surface area (Å²) in [6.45, 7) is 4.17. The highest BCUT2D eigenvalue weighted by Gasteiger charge is 2.30. The number of ether oxygens (including phenoxy) is 8. The molecule has 0 aliphatic heterocycles. The van der Waals surface area contributed by atoms with Gasteiger partial charge in [0, 0.05) is 41.3 Å². The summed E-state index contributed by atoms with van der Waals surface area (Å²) in [7, 11) is 7.90. The van der Waals surface area contributed by atoms with Crippen LogP contribution < -0.4 is 4.74 Å². The molecule has 0 radical (unpaired) electrons. The number of hydrogen-bond acceptors (Lipinski definition) is 9. The van der Waals surface area contributed by atoms with Crippen LogP contribution in [0.1, 0.15) is 18.4 Å². The van der Waals surface area contributed by atoms with Crippen molar-refractivity contribution in [3.05, 3.63) is 42.5 Å². The lowest BCUT2D eigenvalue weighted by molar-refractivity contribution is -0.150. The lowest BCUT2D eigenvalue weighted by atomic mass is 9.99. The van der Waals surface area contributed by atoms with Crippen molar-refractivity contribution in [2.24, 2.45) is 0 Å². The third-order valence-electron chi connectivity index (χ3n) is 5.21. The summed E-state index contributed by atoms with van der Waals surface area (Å²) in [5, 5.41) is 9.79. The van der Waals surface area contributed by atoms with Crippen molar-refractivity contribution < 1.29 is 43.0 Å². The molecule has 0 heterocycles. The molecule has 0 spiro atoms. The third-order valence-corrected chi connectivity index (χ3v) is 5.21. The average Bonchev–Trinajstić information content (AvgIpc) is 2.86. The lowest BCUT2D eigenvalue weighted by Crippen LogP contribution is -2.40. The molecule has 0 amide bonds. The maximum Gasteiger partial charge on any atom is 0.147 e. The Kier molecular flexibility index (Phi) is 15.9. The zero-order valence-corrected chi connectivity index (χ0v) is 20.4. The molecule has 5 atom stereocenters. The Morgan fingerprint density at radius 2 is 1.42 bits per heavy atom. The van der Waals surface area contributed by atoms with Gasteiger partial charge in [-0.15, -0.1) is 6.58 Å². The van der Waals surface area contributed by atoms with Crippen molar-refractivity contribution in [2.75, 3.05) is 55.7 Å². The van der Waals surface area contributed by atoms with Gasteiger partial charge in [0.15, 0.2) is 0 Å². The van der Waals surface area contributed by atoms with E-state index in [1.54, 1.807) is 34.5 Å². The Hall–Kier alpha value is -1.56. The second-order valence-electron chi connectivity index (χ2n) is 7.37. The largest absolute Gasteiger partial charge is 0.497 e. The molecule has 0 saturated heterocycles. The summed E-state index contributed by atoms with van der Waals surface area (Å²) in [4.78, 5) is 0. The molecular weight excluding hydrogens is 432 g/mol. The van der Waals surface area contributed by atoms with Crippen molar-refractivity contribution in [1.82, 2.24) is 0 Å². The highest BCUT2D eigenvalue weighted by molar-refractivity contribution is 5.26. The summed E-state index contributed by atoms with van der Waals surface area (Å²) in [6, 6.07) is 7.67. The van der Waals surface area contributed by atoms with Gasteiger partial charge in [-0.3, -0.25) is 0 Å². The van der Waals surface area contributed by atoms with Gasteiger partial charge in [0.25, 0.3) is 0 Å². The van der Waals surface area contributed by atoms with Crippen LogP contribution in [-0.4, -0.2) is 91.4 Å². The van der Waals surface area contributed by atoms with Crippen LogP contribution in [0.15, 0.2) is 36.9 Å². The Balaban J connectivity index is 2.97. The number of methoxy groups -OCH3 is 5. The minimum atomic E-state index is -0.567. The van der Waals surface area contributed by atoms with E-state index < -0.39 is 12.2 Å². The van der Waals surface area contributed by atoms with Gasteiger partial charge in [0.05, 0.1) is 38.6 Å². The fraction of sp³-hybridized carbons (Fsp3) is 0.667. The monoisotopic (exact) mass is 472 g/mol. The van der Waals surface area contributed by atoms with Crippen molar-refractivity contribution in [3.63, 3.8) is 0 Å². The van der Waals surface area contributed by atoms with Crippen LogP contribution in [0.2, 0.25) is 0 Å². The number of benzene rings is 1. The Labute approximate surface area is 197 Å². The molecule has 0 fully saturated rings. The number of hydrogen-bond donors (Lipinski definition) is 1. The van der Waals surface area contributed by atoms with E-state index in [2.05, 4.69) is 6.58 Å². The van der Waals surface area contributed by atoms with E-state index >= 15 is 0 Å². The van der Waals surface area contributed by atoms with Crippen LogP contribution in [-0.2, 0) is 39.8 Å². The summed E-state index contributed by atoms with van der Waals surface area (Å²) >= 11 is 0. The molecule has 9 nitrogen and oxygen atoms in total. The van der Waals surface area contributed by atoms with Gasteiger partial charge in [0.1, 0.15) is 31.5 Å². The molecule has 1 aromatic rings. The van der Waals surface area contributed by atoms with E-state index in [4.69, 9.17) is 37.9 Å². The maximum absolute atomic E-state index is 9.79. The Morgan fingerprint density at radius 3 is 1.94 bits per heavy atom. The average molecular weight is 473 g/mol. The first kappa shape index (κ1) is 29.5. The molecule has 1 rings (SSSR count). The molecule has 0 aromatic heterocycles. The van der Waals surface area contributed by atoms with Gasteiger partial charge in [-0.2, -0.15) is 0 Å². The van der Waals surface area contributed by atoms with Crippen LogP contribution in [0.5, 0.6) is 5.75 Å². The first-order valence-electron chi connectivity index (χ1n) is 10.8. The minimum Gasteiger partial charge on any atom is -0.497 e.